The van der Waals surface area contributed by atoms with E-state index >= 15 is 4.39 Å². The van der Waals surface area contributed by atoms with Gasteiger partial charge in [0.1, 0.15) is 23.4 Å². The molecule has 13 heteroatoms. The molecule has 228 valence electrons. The maximum absolute atomic E-state index is 15.9. The van der Waals surface area contributed by atoms with E-state index in [0.717, 1.165) is 35.7 Å². The average molecular weight is 638 g/mol. The van der Waals surface area contributed by atoms with Crippen LogP contribution in [0.5, 0.6) is 5.75 Å². The number of nitrogens with zero attached hydrogens (tertiary/aromatic N) is 6. The summed E-state index contributed by atoms with van der Waals surface area (Å²) in [4.78, 5) is 8.60. The Kier molecular flexibility index (Phi) is 7.54. The van der Waals surface area contributed by atoms with E-state index in [1.807, 2.05) is 43.0 Å². The fraction of sp³-hybridized carbons (Fsp3) is 0.355. The number of aryl methyl sites for hydroxylation is 1. The van der Waals surface area contributed by atoms with Crippen LogP contribution in [0, 0.1) is 5.82 Å². The van der Waals surface area contributed by atoms with Gasteiger partial charge in [-0.3, -0.25) is 14.6 Å². The maximum atomic E-state index is 15.9. The summed E-state index contributed by atoms with van der Waals surface area (Å²) in [6.45, 7) is 3.01. The van der Waals surface area contributed by atoms with Gasteiger partial charge in [0, 0.05) is 67.1 Å². The van der Waals surface area contributed by atoms with Crippen LogP contribution in [-0.2, 0) is 17.3 Å². The van der Waals surface area contributed by atoms with Crippen LogP contribution in [0.25, 0.3) is 22.2 Å². The second kappa shape index (κ2) is 11.4. The predicted octanol–water partition coefficient (Wildman–Crippen LogP) is 6.01. The molecule has 0 bridgehead atoms. The lowest BCUT2D eigenvalue weighted by Crippen LogP contribution is -2.65. The van der Waals surface area contributed by atoms with Crippen LogP contribution in [0.2, 0.25) is 10.0 Å². The molecule has 1 aromatic carbocycles. The van der Waals surface area contributed by atoms with Crippen molar-refractivity contribution in [3.63, 3.8) is 0 Å². The molecule has 6 heterocycles. The van der Waals surface area contributed by atoms with E-state index in [0.29, 0.717) is 45.8 Å². The van der Waals surface area contributed by atoms with E-state index in [1.165, 1.54) is 18.5 Å². The Morgan fingerprint density at radius 2 is 1.98 bits per heavy atom. The van der Waals surface area contributed by atoms with Crippen molar-refractivity contribution in [2.45, 2.75) is 50.1 Å². The molecule has 7 rings (SSSR count). The average Bonchev–Trinajstić information content (AvgIpc) is 3.61. The number of benzene rings is 1. The monoisotopic (exact) mass is 636 g/mol. The Morgan fingerprint density at radius 3 is 2.64 bits per heavy atom. The molecular weight excluding hydrogens is 606 g/mol. The zero-order valence-corrected chi connectivity index (χ0v) is 25.7. The second-order valence-electron chi connectivity index (χ2n) is 11.4. The van der Waals surface area contributed by atoms with Gasteiger partial charge in [-0.15, -0.1) is 0 Å². The van der Waals surface area contributed by atoms with Gasteiger partial charge in [0.15, 0.2) is 6.23 Å². The van der Waals surface area contributed by atoms with Crippen molar-refractivity contribution in [2.75, 3.05) is 13.2 Å². The number of rotatable bonds is 7. The Bertz CT molecular complexity index is 1840. The van der Waals surface area contributed by atoms with Crippen LogP contribution in [0.1, 0.15) is 61.4 Å². The van der Waals surface area contributed by atoms with Crippen LogP contribution >= 0.6 is 23.2 Å². The molecule has 44 heavy (non-hydrogen) atoms. The van der Waals surface area contributed by atoms with Crippen LogP contribution < -0.4 is 15.8 Å². The molecular formula is C31H31Cl2FN8O2. The zero-order chi connectivity index (χ0) is 30.6. The molecule has 0 radical (unpaired) electrons. The number of aromatic nitrogens is 6. The molecule has 0 spiro atoms. The third kappa shape index (κ3) is 5.02. The Balaban J connectivity index is 1.26. The highest BCUT2D eigenvalue weighted by Gasteiger charge is 2.48. The Labute approximate surface area is 263 Å². The lowest BCUT2D eigenvalue weighted by molar-refractivity contribution is -0.0365. The van der Waals surface area contributed by atoms with Crippen molar-refractivity contribution in [3.8, 4) is 17.0 Å². The van der Waals surface area contributed by atoms with E-state index < -0.39 is 23.5 Å². The van der Waals surface area contributed by atoms with Crippen molar-refractivity contribution in [3.05, 3.63) is 87.9 Å². The van der Waals surface area contributed by atoms with E-state index in [4.69, 9.17) is 43.5 Å². The molecule has 3 N–H and O–H groups in total. The first kappa shape index (κ1) is 29.1. The van der Waals surface area contributed by atoms with Gasteiger partial charge in [0.25, 0.3) is 0 Å². The third-order valence-electron chi connectivity index (χ3n) is 8.49. The molecule has 2 aliphatic rings. The summed E-state index contributed by atoms with van der Waals surface area (Å²) < 4.78 is 31.8. The summed E-state index contributed by atoms with van der Waals surface area (Å²) in [6, 6.07) is 6.67. The Morgan fingerprint density at radius 1 is 1.16 bits per heavy atom. The minimum atomic E-state index is -0.820. The number of halogens is 3. The van der Waals surface area contributed by atoms with Gasteiger partial charge in [-0.1, -0.05) is 23.2 Å². The molecule has 4 atom stereocenters. The highest BCUT2D eigenvalue weighted by Crippen LogP contribution is 2.41. The fourth-order valence-electron chi connectivity index (χ4n) is 6.10. The van der Waals surface area contributed by atoms with Crippen LogP contribution in [0.15, 0.2) is 55.2 Å². The van der Waals surface area contributed by atoms with Crippen LogP contribution in [-0.4, -0.2) is 42.7 Å². The molecule has 3 unspecified atom stereocenters. The minimum absolute atomic E-state index is 0.228. The van der Waals surface area contributed by atoms with Crippen LogP contribution in [0.4, 0.5) is 4.39 Å². The van der Waals surface area contributed by atoms with Crippen molar-refractivity contribution in [1.82, 2.24) is 34.8 Å². The zero-order valence-electron chi connectivity index (χ0n) is 24.2. The summed E-state index contributed by atoms with van der Waals surface area (Å²) in [7, 11) is 1.82. The number of nitrogens with two attached hydrogens (primary N) is 1. The lowest BCUT2D eigenvalue weighted by Gasteiger charge is -2.47. The minimum Gasteiger partial charge on any atom is -0.486 e. The number of ether oxygens (including phenoxy) is 2. The quantitative estimate of drug-likeness (QED) is 0.223. The fourth-order valence-corrected chi connectivity index (χ4v) is 6.77. The Hall–Kier alpha value is -3.61. The van der Waals surface area contributed by atoms with Gasteiger partial charge in [-0.05, 0) is 50.5 Å². The molecule has 10 nitrogen and oxygen atoms in total. The first-order valence-corrected chi connectivity index (χ1v) is 15.2. The topological polar surface area (TPSA) is 118 Å². The number of nitrogens with one attached hydrogen (secondary N) is 1. The van der Waals surface area contributed by atoms with Crippen molar-refractivity contribution in [2.24, 2.45) is 12.8 Å². The van der Waals surface area contributed by atoms with Crippen molar-refractivity contribution in [1.29, 1.82) is 0 Å². The largest absolute Gasteiger partial charge is 0.486 e. The second-order valence-corrected chi connectivity index (χ2v) is 12.2. The normalized spacial score (nSPS) is 22.6. The van der Waals surface area contributed by atoms with Gasteiger partial charge >= 0.3 is 0 Å². The first-order chi connectivity index (χ1) is 21.2. The summed E-state index contributed by atoms with van der Waals surface area (Å²) in [5, 5.41) is 14.0. The lowest BCUT2D eigenvalue weighted by atomic mass is 9.76. The molecule has 2 saturated heterocycles. The summed E-state index contributed by atoms with van der Waals surface area (Å²) in [6.07, 6.45) is 10.5. The van der Waals surface area contributed by atoms with Crippen molar-refractivity contribution >= 4 is 34.1 Å². The summed E-state index contributed by atoms with van der Waals surface area (Å²) in [5.41, 5.74) is 9.55. The number of fused-ring (bicyclic) bond motifs is 1. The van der Waals surface area contributed by atoms with E-state index in [9.17, 15) is 0 Å². The molecule has 0 amide bonds. The van der Waals surface area contributed by atoms with Gasteiger partial charge in [0.05, 0.1) is 39.0 Å². The SMILES string of the molecule is C[C@@H](Oc1ccc2c(c1)c(-c1cnc(C3NCC3(N)c3cnn(C)c3)c(F)c1)nn2C1CCCCO1)c1c(Cl)cncc1Cl. The standard InChI is InChI=1S/C31H31Cl2FN8O2/c1-17(27-22(32)13-36-14-23(27)33)44-20-6-7-25-21(10-20)28(40-42(25)26-5-3-4-8-43-26)18-9-24(34)29(37-11-18)30-31(35,16-38-30)19-12-39-41(2)15-19/h6-7,9-15,17,26,30,38H,3-5,8,16,35H2,1-2H3/t17-,26?,30?,31?/m1/s1. The highest BCUT2D eigenvalue weighted by atomic mass is 35.5. The third-order valence-corrected chi connectivity index (χ3v) is 9.09. The number of hydrogen-bond acceptors (Lipinski definition) is 8. The molecule has 0 aliphatic carbocycles. The molecule has 2 fully saturated rings. The number of pyridine rings is 2. The highest BCUT2D eigenvalue weighted by molar-refractivity contribution is 6.35. The summed E-state index contributed by atoms with van der Waals surface area (Å²) in [5.74, 6) is 0.102. The van der Waals surface area contributed by atoms with Gasteiger partial charge < -0.3 is 20.5 Å². The smallest absolute Gasteiger partial charge is 0.150 e. The molecule has 4 aromatic heterocycles. The van der Waals surface area contributed by atoms with E-state index in [2.05, 4.69) is 20.4 Å². The van der Waals surface area contributed by atoms with Crippen molar-refractivity contribution < 1.29 is 13.9 Å². The predicted molar refractivity (Wildman–Crippen MR) is 165 cm³/mol. The molecule has 0 saturated carbocycles. The van der Waals surface area contributed by atoms with Gasteiger partial charge in [0.2, 0.25) is 0 Å². The molecule has 5 aromatic rings. The molecule has 2 aliphatic heterocycles. The van der Waals surface area contributed by atoms with Gasteiger partial charge in [-0.2, -0.15) is 10.2 Å². The maximum Gasteiger partial charge on any atom is 0.150 e. The van der Waals surface area contributed by atoms with Gasteiger partial charge in [-0.25, -0.2) is 9.07 Å². The van der Waals surface area contributed by atoms with E-state index in [-0.39, 0.29) is 11.9 Å². The van der Waals surface area contributed by atoms with E-state index in [1.54, 1.807) is 17.1 Å². The first-order valence-electron chi connectivity index (χ1n) is 14.5. The summed E-state index contributed by atoms with van der Waals surface area (Å²) >= 11 is 12.8. The van der Waals surface area contributed by atoms with Crippen LogP contribution in [0.3, 0.4) is 0 Å². The number of hydrogen-bond donors (Lipinski definition) is 2.